The molecule has 8 nitrogen and oxygen atoms in total. The van der Waals surface area contributed by atoms with Crippen LogP contribution in [0.15, 0.2) is 30.7 Å². The summed E-state index contributed by atoms with van der Waals surface area (Å²) in [4.78, 5) is 21.5. The summed E-state index contributed by atoms with van der Waals surface area (Å²) in [6.45, 7) is 4.75. The van der Waals surface area contributed by atoms with E-state index in [1.54, 1.807) is 21.3 Å². The van der Waals surface area contributed by atoms with E-state index in [0.717, 1.165) is 36.3 Å². The maximum Gasteiger partial charge on any atom is 0.229 e. The van der Waals surface area contributed by atoms with Gasteiger partial charge in [0.05, 0.1) is 23.8 Å². The number of imidazole rings is 2. The number of pyridine rings is 1. The number of nitrogens with zero attached hydrogens (tertiary/aromatic N) is 5. The van der Waals surface area contributed by atoms with Crippen molar-refractivity contribution in [3.63, 3.8) is 0 Å². The molecule has 4 aromatic heterocycles. The lowest BCUT2D eigenvalue weighted by Crippen LogP contribution is -2.36. The molecule has 31 heavy (non-hydrogen) atoms. The van der Waals surface area contributed by atoms with E-state index in [4.69, 9.17) is 0 Å². The molecule has 1 amide bonds. The Labute approximate surface area is 177 Å². The van der Waals surface area contributed by atoms with Gasteiger partial charge in [0.2, 0.25) is 5.91 Å². The zero-order valence-electron chi connectivity index (χ0n) is 17.3. The number of fused-ring (bicyclic) bond motifs is 4. The third-order valence-corrected chi connectivity index (χ3v) is 6.48. The normalized spacial score (nSPS) is 22.6. The van der Waals surface area contributed by atoms with Crippen molar-refractivity contribution in [1.29, 1.82) is 0 Å². The number of aromatic nitrogens is 5. The molecule has 0 radical (unpaired) electrons. The molecule has 1 saturated heterocycles. The van der Waals surface area contributed by atoms with Gasteiger partial charge in [0, 0.05) is 23.7 Å². The maximum atomic E-state index is 14.9. The molecule has 1 aliphatic heterocycles. The Morgan fingerprint density at radius 2 is 2.03 bits per heavy atom. The molecule has 6 rings (SSSR count). The van der Waals surface area contributed by atoms with E-state index in [1.165, 1.54) is 6.07 Å². The van der Waals surface area contributed by atoms with Crippen LogP contribution < -0.4 is 10.6 Å². The molecule has 2 bridgehead atoms. The average Bonchev–Trinajstić information content (AvgIpc) is 3.50. The highest BCUT2D eigenvalue weighted by molar-refractivity contribution is 5.92. The fourth-order valence-electron chi connectivity index (χ4n) is 5.02. The molecule has 2 N–H and O–H groups in total. The van der Waals surface area contributed by atoms with Crippen molar-refractivity contribution in [2.75, 3.05) is 11.9 Å². The second-order valence-corrected chi connectivity index (χ2v) is 8.73. The Morgan fingerprint density at radius 3 is 2.81 bits per heavy atom. The highest BCUT2D eigenvalue weighted by atomic mass is 19.1. The van der Waals surface area contributed by atoms with Crippen LogP contribution in [-0.4, -0.2) is 42.5 Å². The van der Waals surface area contributed by atoms with Crippen molar-refractivity contribution in [2.45, 2.75) is 32.7 Å². The number of halogens is 1. The smallest absolute Gasteiger partial charge is 0.229 e. The van der Waals surface area contributed by atoms with Crippen LogP contribution in [0.2, 0.25) is 0 Å². The highest BCUT2D eigenvalue weighted by Gasteiger charge is 2.43. The first-order valence-corrected chi connectivity index (χ1v) is 10.5. The number of amides is 1. The molecule has 0 spiro atoms. The lowest BCUT2D eigenvalue weighted by molar-refractivity contribution is -0.121. The number of piperidine rings is 1. The van der Waals surface area contributed by atoms with E-state index in [0.29, 0.717) is 29.0 Å². The van der Waals surface area contributed by atoms with Gasteiger partial charge in [0.15, 0.2) is 22.9 Å². The highest BCUT2D eigenvalue weighted by Crippen LogP contribution is 2.37. The van der Waals surface area contributed by atoms with E-state index in [9.17, 15) is 9.18 Å². The first-order chi connectivity index (χ1) is 14.9. The van der Waals surface area contributed by atoms with Gasteiger partial charge in [0.25, 0.3) is 0 Å². The summed E-state index contributed by atoms with van der Waals surface area (Å²) in [6.07, 6.45) is 7.17. The molecule has 2 unspecified atom stereocenters. The van der Waals surface area contributed by atoms with Crippen LogP contribution in [0.25, 0.3) is 22.6 Å². The first-order valence-electron chi connectivity index (χ1n) is 10.5. The van der Waals surface area contributed by atoms with Crippen LogP contribution in [0.3, 0.4) is 0 Å². The van der Waals surface area contributed by atoms with Gasteiger partial charge in [0.1, 0.15) is 0 Å². The van der Waals surface area contributed by atoms with Crippen molar-refractivity contribution in [3.05, 3.63) is 47.8 Å². The van der Waals surface area contributed by atoms with Crippen molar-refractivity contribution in [1.82, 2.24) is 29.3 Å². The number of rotatable bonds is 3. The van der Waals surface area contributed by atoms with E-state index in [2.05, 4.69) is 25.7 Å². The summed E-state index contributed by atoms with van der Waals surface area (Å²) in [5.41, 5.74) is 4.04. The van der Waals surface area contributed by atoms with Gasteiger partial charge < -0.3 is 15.0 Å². The molecule has 9 heteroatoms. The Balaban J connectivity index is 1.33. The number of anilines is 1. The minimum absolute atomic E-state index is 0.00555. The van der Waals surface area contributed by atoms with Crippen LogP contribution >= 0.6 is 0 Å². The molecule has 1 saturated carbocycles. The fourth-order valence-corrected chi connectivity index (χ4v) is 5.02. The molecule has 2 aliphatic rings. The number of aryl methyl sites for hydroxylation is 2. The standard InChI is InChI=1S/C22H22FN7O/c1-11-3-18(28-30-8-12(2)25-20(11)30)14-5-17(23)21-26-19(10-29(21)9-14)27-22(31)16-6-15-4-13(16)7-24-15/h3,5,8-10,13,15-16,24H,4,6-7H2,1-2H3,(H,27,31)/t13?,15?,16-/m1/s1. The number of carbonyl (C=O) groups excluding carboxylic acids is 1. The number of nitrogens with one attached hydrogen (secondary N) is 2. The zero-order chi connectivity index (χ0) is 21.3. The van der Waals surface area contributed by atoms with Crippen LogP contribution in [0.5, 0.6) is 0 Å². The maximum absolute atomic E-state index is 14.9. The van der Waals surface area contributed by atoms with Crippen LogP contribution in [-0.2, 0) is 4.79 Å². The van der Waals surface area contributed by atoms with Gasteiger partial charge in [-0.2, -0.15) is 5.10 Å². The molecular formula is C22H22FN7O. The van der Waals surface area contributed by atoms with Crippen molar-refractivity contribution >= 4 is 23.0 Å². The predicted molar refractivity (Wildman–Crippen MR) is 113 cm³/mol. The van der Waals surface area contributed by atoms with Gasteiger partial charge in [-0.3, -0.25) is 4.79 Å². The van der Waals surface area contributed by atoms with Crippen molar-refractivity contribution < 1.29 is 9.18 Å². The van der Waals surface area contributed by atoms with Gasteiger partial charge >= 0.3 is 0 Å². The monoisotopic (exact) mass is 419 g/mol. The summed E-state index contributed by atoms with van der Waals surface area (Å²) >= 11 is 0. The Bertz CT molecular complexity index is 1360. The molecular weight excluding hydrogens is 397 g/mol. The number of carbonyl (C=O) groups is 1. The summed E-state index contributed by atoms with van der Waals surface area (Å²) in [6, 6.07) is 3.76. The van der Waals surface area contributed by atoms with Gasteiger partial charge in [-0.15, -0.1) is 0 Å². The largest absolute Gasteiger partial charge is 0.314 e. The summed E-state index contributed by atoms with van der Waals surface area (Å²) in [7, 11) is 0. The van der Waals surface area contributed by atoms with Crippen LogP contribution in [0.4, 0.5) is 10.2 Å². The van der Waals surface area contributed by atoms with Gasteiger partial charge in [-0.25, -0.2) is 18.9 Å². The molecule has 4 aromatic rings. The van der Waals surface area contributed by atoms with Crippen LogP contribution in [0.1, 0.15) is 24.1 Å². The van der Waals surface area contributed by atoms with E-state index < -0.39 is 5.82 Å². The Hall–Kier alpha value is -3.33. The molecule has 2 fully saturated rings. The lowest BCUT2D eigenvalue weighted by atomic mass is 9.94. The lowest BCUT2D eigenvalue weighted by Gasteiger charge is -2.20. The van der Waals surface area contributed by atoms with E-state index >= 15 is 0 Å². The summed E-state index contributed by atoms with van der Waals surface area (Å²) in [5, 5.41) is 10.9. The molecule has 5 heterocycles. The van der Waals surface area contributed by atoms with Crippen molar-refractivity contribution in [2.24, 2.45) is 11.8 Å². The van der Waals surface area contributed by atoms with Gasteiger partial charge in [-0.05, 0) is 56.8 Å². The SMILES string of the molecule is Cc1cn2nc(-c3cc(F)c4nc(NC(=O)[C@@H]5CC6CC5CN6)cn4c3)cc(C)c2n1. The van der Waals surface area contributed by atoms with Crippen LogP contribution in [0, 0.1) is 31.5 Å². The molecule has 3 atom stereocenters. The topological polar surface area (TPSA) is 88.6 Å². The minimum atomic E-state index is -0.469. The predicted octanol–water partition coefficient (Wildman–Crippen LogP) is 2.74. The molecule has 0 aromatic carbocycles. The number of hydrogen-bond acceptors (Lipinski definition) is 5. The fraction of sp³-hybridized carbons (Fsp3) is 0.364. The Kier molecular flexibility index (Phi) is 3.92. The molecule has 158 valence electrons. The summed E-state index contributed by atoms with van der Waals surface area (Å²) < 4.78 is 18.2. The average molecular weight is 419 g/mol. The molecule has 1 aliphatic carbocycles. The van der Waals surface area contributed by atoms with Gasteiger partial charge in [-0.1, -0.05) is 0 Å². The second kappa shape index (κ2) is 6.58. The van der Waals surface area contributed by atoms with E-state index in [1.807, 2.05) is 26.1 Å². The van der Waals surface area contributed by atoms with E-state index in [-0.39, 0.29) is 17.5 Å². The first kappa shape index (κ1) is 18.4. The zero-order valence-corrected chi connectivity index (χ0v) is 17.3. The third kappa shape index (κ3) is 2.99. The van der Waals surface area contributed by atoms with Crippen molar-refractivity contribution in [3.8, 4) is 11.3 Å². The second-order valence-electron chi connectivity index (χ2n) is 8.73. The quantitative estimate of drug-likeness (QED) is 0.533. The third-order valence-electron chi connectivity index (χ3n) is 6.48. The Morgan fingerprint density at radius 1 is 1.16 bits per heavy atom. The minimum Gasteiger partial charge on any atom is -0.314 e. The summed E-state index contributed by atoms with van der Waals surface area (Å²) in [5.74, 6) is 0.233. The number of hydrogen-bond donors (Lipinski definition) is 2.